The van der Waals surface area contributed by atoms with Crippen molar-refractivity contribution in [3.63, 3.8) is 0 Å². The molecule has 4 heteroatoms. The number of hydrogen-bond donors (Lipinski definition) is 1. The van der Waals surface area contributed by atoms with Gasteiger partial charge in [0.1, 0.15) is 11.6 Å². The number of nitrogens with zero attached hydrogens (tertiary/aromatic N) is 2. The summed E-state index contributed by atoms with van der Waals surface area (Å²) in [5.41, 5.74) is 9.46. The van der Waals surface area contributed by atoms with E-state index >= 15 is 0 Å². The van der Waals surface area contributed by atoms with Crippen LogP contribution < -0.4 is 5.73 Å². The smallest absolute Gasteiger partial charge is 0.147 e. The molecule has 0 atom stereocenters. The minimum absolute atomic E-state index is 0.341. The van der Waals surface area contributed by atoms with Crippen LogP contribution in [0.5, 0.6) is 0 Å². The maximum atomic E-state index is 14.5. The molecule has 1 aromatic heterocycles. The molecule has 0 amide bonds. The first-order valence-corrected chi connectivity index (χ1v) is 7.98. The largest absolute Gasteiger partial charge is 0.399 e. The van der Waals surface area contributed by atoms with Crippen molar-refractivity contribution in [1.82, 2.24) is 9.55 Å². The van der Waals surface area contributed by atoms with Crippen LogP contribution in [0.1, 0.15) is 11.4 Å². The van der Waals surface area contributed by atoms with E-state index in [2.05, 4.69) is 4.98 Å². The van der Waals surface area contributed by atoms with Gasteiger partial charge in [0.05, 0.1) is 16.7 Å². The fourth-order valence-electron chi connectivity index (χ4n) is 2.85. The van der Waals surface area contributed by atoms with Gasteiger partial charge in [0.15, 0.2) is 0 Å². The van der Waals surface area contributed by atoms with E-state index in [9.17, 15) is 4.39 Å². The molecule has 2 N–H and O–H groups in total. The summed E-state index contributed by atoms with van der Waals surface area (Å²) in [6.45, 7) is 0. The second kappa shape index (κ2) is 6.24. The van der Waals surface area contributed by atoms with Crippen molar-refractivity contribution < 1.29 is 4.39 Å². The van der Waals surface area contributed by atoms with E-state index in [1.165, 1.54) is 6.07 Å². The van der Waals surface area contributed by atoms with Gasteiger partial charge in [-0.3, -0.25) is 4.57 Å². The minimum Gasteiger partial charge on any atom is -0.399 e. The van der Waals surface area contributed by atoms with E-state index in [0.29, 0.717) is 17.2 Å². The van der Waals surface area contributed by atoms with Gasteiger partial charge in [0.2, 0.25) is 0 Å². The van der Waals surface area contributed by atoms with Crippen molar-refractivity contribution >= 4 is 28.9 Å². The first kappa shape index (κ1) is 15.1. The Bertz CT molecular complexity index is 1070. The molecule has 1 heterocycles. The van der Waals surface area contributed by atoms with Crippen molar-refractivity contribution in [3.8, 4) is 5.69 Å². The van der Waals surface area contributed by atoms with E-state index in [1.807, 2.05) is 66.7 Å². The Kier molecular flexibility index (Phi) is 3.78. The number of hydrogen-bond acceptors (Lipinski definition) is 2. The zero-order valence-corrected chi connectivity index (χ0v) is 13.4. The van der Waals surface area contributed by atoms with Gasteiger partial charge in [0.25, 0.3) is 0 Å². The highest BCUT2D eigenvalue weighted by Crippen LogP contribution is 2.26. The van der Waals surface area contributed by atoms with Gasteiger partial charge < -0.3 is 5.73 Å². The van der Waals surface area contributed by atoms with Crippen LogP contribution in [0.15, 0.2) is 72.8 Å². The van der Waals surface area contributed by atoms with Crippen LogP contribution in [0, 0.1) is 5.82 Å². The molecule has 0 aliphatic heterocycles. The third kappa shape index (κ3) is 2.90. The molecule has 122 valence electrons. The Hall–Kier alpha value is -3.40. The third-order valence-corrected chi connectivity index (χ3v) is 4.02. The lowest BCUT2D eigenvalue weighted by atomic mass is 10.2. The molecule has 3 aromatic carbocycles. The molecule has 4 aromatic rings. The second-order valence-electron chi connectivity index (χ2n) is 5.75. The van der Waals surface area contributed by atoms with E-state index in [0.717, 1.165) is 16.6 Å². The zero-order chi connectivity index (χ0) is 17.2. The Morgan fingerprint density at radius 3 is 2.48 bits per heavy atom. The molecule has 0 aliphatic carbocycles. The van der Waals surface area contributed by atoms with Crippen LogP contribution in [-0.2, 0) is 0 Å². The monoisotopic (exact) mass is 329 g/mol. The number of imidazole rings is 1. The summed E-state index contributed by atoms with van der Waals surface area (Å²) < 4.78 is 16.3. The van der Waals surface area contributed by atoms with E-state index in [-0.39, 0.29) is 5.82 Å². The summed E-state index contributed by atoms with van der Waals surface area (Å²) in [7, 11) is 0. The molecule has 3 nitrogen and oxygen atoms in total. The number of benzene rings is 3. The highest BCUT2D eigenvalue weighted by atomic mass is 19.1. The second-order valence-corrected chi connectivity index (χ2v) is 5.75. The third-order valence-electron chi connectivity index (χ3n) is 4.02. The lowest BCUT2D eigenvalue weighted by Crippen LogP contribution is -2.01. The highest BCUT2D eigenvalue weighted by Gasteiger charge is 2.14. The number of aromatic nitrogens is 2. The van der Waals surface area contributed by atoms with Gasteiger partial charge in [-0.1, -0.05) is 48.5 Å². The van der Waals surface area contributed by atoms with Crippen LogP contribution in [0.2, 0.25) is 0 Å². The van der Waals surface area contributed by atoms with Crippen LogP contribution in [0.25, 0.3) is 28.9 Å². The lowest BCUT2D eigenvalue weighted by Gasteiger charge is -2.09. The maximum absolute atomic E-state index is 14.5. The molecular formula is C21H16FN3. The van der Waals surface area contributed by atoms with Crippen molar-refractivity contribution in [1.29, 1.82) is 0 Å². The van der Waals surface area contributed by atoms with Gasteiger partial charge in [-0.2, -0.15) is 0 Å². The summed E-state index contributed by atoms with van der Waals surface area (Å²) in [5.74, 6) is 0.307. The molecular weight excluding hydrogens is 313 g/mol. The molecule has 0 saturated carbocycles. The topological polar surface area (TPSA) is 43.8 Å². The van der Waals surface area contributed by atoms with Crippen LogP contribution in [0.4, 0.5) is 10.1 Å². The minimum atomic E-state index is -0.341. The quantitative estimate of drug-likeness (QED) is 0.542. The Morgan fingerprint density at radius 2 is 1.64 bits per heavy atom. The summed E-state index contributed by atoms with van der Waals surface area (Å²) in [6.07, 6.45) is 3.85. The molecule has 0 unspecified atom stereocenters. The van der Waals surface area contributed by atoms with Gasteiger partial charge >= 0.3 is 0 Å². The van der Waals surface area contributed by atoms with Crippen molar-refractivity contribution in [2.75, 3.05) is 5.73 Å². The van der Waals surface area contributed by atoms with Crippen LogP contribution >= 0.6 is 0 Å². The maximum Gasteiger partial charge on any atom is 0.147 e. The van der Waals surface area contributed by atoms with Crippen molar-refractivity contribution in [3.05, 3.63) is 90.0 Å². The van der Waals surface area contributed by atoms with Crippen molar-refractivity contribution in [2.24, 2.45) is 0 Å². The van der Waals surface area contributed by atoms with Gasteiger partial charge in [-0.25, -0.2) is 9.37 Å². The number of halogens is 1. The van der Waals surface area contributed by atoms with Crippen molar-refractivity contribution in [2.45, 2.75) is 0 Å². The zero-order valence-electron chi connectivity index (χ0n) is 13.4. The Labute approximate surface area is 144 Å². The molecule has 0 spiro atoms. The van der Waals surface area contributed by atoms with Crippen LogP contribution in [-0.4, -0.2) is 9.55 Å². The number of nitrogen functional groups attached to an aromatic ring is 1. The first-order chi connectivity index (χ1) is 12.2. The molecule has 0 saturated heterocycles. The Balaban J connectivity index is 1.92. The fourth-order valence-corrected chi connectivity index (χ4v) is 2.85. The van der Waals surface area contributed by atoms with Crippen LogP contribution in [0.3, 0.4) is 0 Å². The molecule has 0 bridgehead atoms. The standard InChI is InChI=1S/C21H16FN3/c22-17-12-11-16(23)14-20(17)25-19-9-5-4-8-18(19)24-21(25)13-10-15-6-2-1-3-7-15/h1-14H,23H2/b13-10+. The van der Waals surface area contributed by atoms with E-state index in [4.69, 9.17) is 5.73 Å². The van der Waals surface area contributed by atoms with Gasteiger partial charge in [-0.05, 0) is 42.0 Å². The number of fused-ring (bicyclic) bond motifs is 1. The molecule has 0 radical (unpaired) electrons. The fraction of sp³-hybridized carbons (Fsp3) is 0. The summed E-state index contributed by atoms with van der Waals surface area (Å²) in [5, 5.41) is 0. The summed E-state index contributed by atoms with van der Waals surface area (Å²) in [4.78, 5) is 4.64. The number of anilines is 1. The molecule has 0 fully saturated rings. The average molecular weight is 329 g/mol. The molecule has 25 heavy (non-hydrogen) atoms. The Morgan fingerprint density at radius 1 is 0.880 bits per heavy atom. The highest BCUT2D eigenvalue weighted by molar-refractivity contribution is 5.82. The predicted molar refractivity (Wildman–Crippen MR) is 101 cm³/mol. The van der Waals surface area contributed by atoms with Gasteiger partial charge in [0, 0.05) is 5.69 Å². The lowest BCUT2D eigenvalue weighted by molar-refractivity contribution is 0.619. The number of para-hydroxylation sites is 2. The normalized spacial score (nSPS) is 11.4. The summed E-state index contributed by atoms with van der Waals surface area (Å²) in [6, 6.07) is 22.1. The average Bonchev–Trinajstić information content (AvgIpc) is 3.01. The molecule has 0 aliphatic rings. The summed E-state index contributed by atoms with van der Waals surface area (Å²) >= 11 is 0. The number of nitrogens with two attached hydrogens (primary N) is 1. The first-order valence-electron chi connectivity index (χ1n) is 7.98. The predicted octanol–water partition coefficient (Wildman–Crippen LogP) is 4.92. The van der Waals surface area contributed by atoms with E-state index < -0.39 is 0 Å². The SMILES string of the molecule is Nc1ccc(F)c(-n2c(/C=C/c3ccccc3)nc3ccccc32)c1. The van der Waals surface area contributed by atoms with E-state index in [1.54, 1.807) is 16.7 Å². The molecule has 4 rings (SSSR count). The van der Waals surface area contributed by atoms with Gasteiger partial charge in [-0.15, -0.1) is 0 Å². The number of rotatable bonds is 3.